The van der Waals surface area contributed by atoms with Crippen LogP contribution < -0.4 is 0 Å². The Morgan fingerprint density at radius 1 is 1.10 bits per heavy atom. The van der Waals surface area contributed by atoms with Crippen molar-refractivity contribution in [1.29, 1.82) is 0 Å². The molecule has 110 valence electrons. The molecular weight excluding hydrogens is 284 g/mol. The topological polar surface area (TPSA) is 43.4 Å². The lowest BCUT2D eigenvalue weighted by atomic mass is 10.0. The van der Waals surface area contributed by atoms with Gasteiger partial charge >= 0.3 is 5.97 Å². The predicted octanol–water partition coefficient (Wildman–Crippen LogP) is 3.51. The van der Waals surface area contributed by atoms with Gasteiger partial charge in [0.1, 0.15) is 0 Å². The molecule has 0 aliphatic carbocycles. The van der Waals surface area contributed by atoms with Crippen LogP contribution in [0.3, 0.4) is 0 Å². The van der Waals surface area contributed by atoms with Gasteiger partial charge in [0, 0.05) is 11.3 Å². The number of rotatable bonds is 5. The van der Waals surface area contributed by atoms with Crippen molar-refractivity contribution < 1.29 is 14.3 Å². The van der Waals surface area contributed by atoms with Crippen LogP contribution in [-0.2, 0) is 22.4 Å². The second-order valence-corrected chi connectivity index (χ2v) is 6.22. The molecule has 0 unspecified atom stereocenters. The Kier molecular flexibility index (Phi) is 4.91. The Hall–Kier alpha value is -1.94. The summed E-state index contributed by atoms with van der Waals surface area (Å²) in [7, 11) is 1.36. The first-order chi connectivity index (χ1) is 9.99. The summed E-state index contributed by atoms with van der Waals surface area (Å²) in [6, 6.07) is 9.74. The van der Waals surface area contributed by atoms with E-state index in [-0.39, 0.29) is 18.2 Å². The lowest BCUT2D eigenvalue weighted by molar-refractivity contribution is -0.139. The average Bonchev–Trinajstić information content (AvgIpc) is 2.91. The van der Waals surface area contributed by atoms with Gasteiger partial charge in [-0.2, -0.15) is 0 Å². The standard InChI is InChI=1S/C17H18O3S/c1-11-4-5-12(2)13(8-11)9-15(18)16-7-6-14(21-16)10-17(19)20-3/h4-8H,9-10H2,1-3H3. The largest absolute Gasteiger partial charge is 0.469 e. The molecule has 2 aromatic rings. The monoisotopic (exact) mass is 302 g/mol. The normalized spacial score (nSPS) is 10.4. The number of methoxy groups -OCH3 is 1. The highest BCUT2D eigenvalue weighted by molar-refractivity contribution is 7.14. The summed E-state index contributed by atoms with van der Waals surface area (Å²) >= 11 is 1.36. The van der Waals surface area contributed by atoms with Gasteiger partial charge in [0.05, 0.1) is 18.4 Å². The molecule has 0 N–H and O–H groups in total. The smallest absolute Gasteiger partial charge is 0.310 e. The van der Waals surface area contributed by atoms with E-state index in [9.17, 15) is 9.59 Å². The number of Topliss-reactive ketones (excluding diaryl/α,β-unsaturated/α-hetero) is 1. The van der Waals surface area contributed by atoms with Crippen LogP contribution in [0.5, 0.6) is 0 Å². The van der Waals surface area contributed by atoms with E-state index >= 15 is 0 Å². The van der Waals surface area contributed by atoms with Crippen LogP contribution in [0.15, 0.2) is 30.3 Å². The third kappa shape index (κ3) is 4.02. The zero-order valence-corrected chi connectivity index (χ0v) is 13.3. The Bertz CT molecular complexity index is 670. The number of hydrogen-bond donors (Lipinski definition) is 0. The molecule has 0 bridgehead atoms. The van der Waals surface area contributed by atoms with Gasteiger partial charge in [-0.25, -0.2) is 0 Å². The Labute approximate surface area is 128 Å². The SMILES string of the molecule is COC(=O)Cc1ccc(C(=O)Cc2cc(C)ccc2C)s1. The summed E-state index contributed by atoms with van der Waals surface area (Å²) in [5.74, 6) is -0.199. The van der Waals surface area contributed by atoms with Crippen molar-refractivity contribution in [3.8, 4) is 0 Å². The molecule has 0 aliphatic heterocycles. The van der Waals surface area contributed by atoms with Gasteiger partial charge in [0.25, 0.3) is 0 Å². The van der Waals surface area contributed by atoms with E-state index in [0.717, 1.165) is 21.6 Å². The highest BCUT2D eigenvalue weighted by atomic mass is 32.1. The van der Waals surface area contributed by atoms with Gasteiger partial charge in [-0.15, -0.1) is 11.3 Å². The highest BCUT2D eigenvalue weighted by Gasteiger charge is 2.13. The second kappa shape index (κ2) is 6.68. The maximum absolute atomic E-state index is 12.3. The van der Waals surface area contributed by atoms with E-state index in [0.29, 0.717) is 11.3 Å². The first-order valence-electron chi connectivity index (χ1n) is 6.74. The van der Waals surface area contributed by atoms with Gasteiger partial charge in [-0.05, 0) is 37.1 Å². The molecular formula is C17H18O3S. The van der Waals surface area contributed by atoms with Crippen LogP contribution in [-0.4, -0.2) is 18.9 Å². The predicted molar refractivity (Wildman–Crippen MR) is 84.0 cm³/mol. The van der Waals surface area contributed by atoms with E-state index in [1.165, 1.54) is 18.4 Å². The zero-order chi connectivity index (χ0) is 15.4. The molecule has 0 radical (unpaired) electrons. The fourth-order valence-electron chi connectivity index (χ4n) is 2.09. The number of carbonyl (C=O) groups is 2. The van der Waals surface area contributed by atoms with Crippen molar-refractivity contribution in [3.05, 3.63) is 56.8 Å². The molecule has 3 nitrogen and oxygen atoms in total. The fraction of sp³-hybridized carbons (Fsp3) is 0.294. The number of thiophene rings is 1. The highest BCUT2D eigenvalue weighted by Crippen LogP contribution is 2.21. The zero-order valence-electron chi connectivity index (χ0n) is 12.4. The minimum absolute atomic E-state index is 0.0878. The fourth-order valence-corrected chi connectivity index (χ4v) is 3.02. The lowest BCUT2D eigenvalue weighted by Crippen LogP contribution is -2.04. The minimum atomic E-state index is -0.287. The maximum Gasteiger partial charge on any atom is 0.310 e. The van der Waals surface area contributed by atoms with Gasteiger partial charge in [0.15, 0.2) is 5.78 Å². The molecule has 1 aromatic carbocycles. The molecule has 0 aliphatic rings. The van der Waals surface area contributed by atoms with Crippen LogP contribution in [0.1, 0.15) is 31.2 Å². The Morgan fingerprint density at radius 3 is 2.57 bits per heavy atom. The summed E-state index contributed by atoms with van der Waals surface area (Å²) in [6.07, 6.45) is 0.615. The van der Waals surface area contributed by atoms with Crippen LogP contribution in [0.4, 0.5) is 0 Å². The molecule has 0 spiro atoms. The summed E-state index contributed by atoms with van der Waals surface area (Å²) in [5, 5.41) is 0. The molecule has 0 fully saturated rings. The van der Waals surface area contributed by atoms with Gasteiger partial charge in [-0.3, -0.25) is 9.59 Å². The summed E-state index contributed by atoms with van der Waals surface area (Å²) in [5.41, 5.74) is 3.34. The van der Waals surface area contributed by atoms with Crippen molar-refractivity contribution >= 4 is 23.1 Å². The van der Waals surface area contributed by atoms with Crippen LogP contribution >= 0.6 is 11.3 Å². The third-order valence-corrected chi connectivity index (χ3v) is 4.46. The van der Waals surface area contributed by atoms with Crippen molar-refractivity contribution in [3.63, 3.8) is 0 Å². The number of benzene rings is 1. The summed E-state index contributed by atoms with van der Waals surface area (Å²) in [6.45, 7) is 4.03. The molecule has 0 saturated carbocycles. The number of carbonyl (C=O) groups excluding carboxylic acids is 2. The van der Waals surface area contributed by atoms with Gasteiger partial charge in [-0.1, -0.05) is 23.8 Å². The van der Waals surface area contributed by atoms with Crippen molar-refractivity contribution in [2.24, 2.45) is 0 Å². The Morgan fingerprint density at radius 2 is 1.86 bits per heavy atom. The average molecular weight is 302 g/mol. The molecule has 2 rings (SSSR count). The first-order valence-corrected chi connectivity index (χ1v) is 7.56. The van der Waals surface area contributed by atoms with E-state index < -0.39 is 0 Å². The number of esters is 1. The molecule has 0 amide bonds. The molecule has 21 heavy (non-hydrogen) atoms. The van der Waals surface area contributed by atoms with Crippen LogP contribution in [0.2, 0.25) is 0 Å². The number of ether oxygens (including phenoxy) is 1. The minimum Gasteiger partial charge on any atom is -0.469 e. The quantitative estimate of drug-likeness (QED) is 0.627. The number of ketones is 1. The summed E-state index contributed by atoms with van der Waals surface area (Å²) < 4.78 is 4.63. The van der Waals surface area contributed by atoms with Gasteiger partial charge < -0.3 is 4.74 Å². The molecule has 4 heteroatoms. The van der Waals surface area contributed by atoms with E-state index in [1.807, 2.05) is 32.0 Å². The maximum atomic E-state index is 12.3. The molecule has 1 aromatic heterocycles. The van der Waals surface area contributed by atoms with Crippen LogP contribution in [0.25, 0.3) is 0 Å². The number of aryl methyl sites for hydroxylation is 2. The third-order valence-electron chi connectivity index (χ3n) is 3.34. The summed E-state index contributed by atoms with van der Waals surface area (Å²) in [4.78, 5) is 25.1. The molecule has 0 saturated heterocycles. The first kappa shape index (κ1) is 15.4. The van der Waals surface area contributed by atoms with Crippen molar-refractivity contribution in [1.82, 2.24) is 0 Å². The van der Waals surface area contributed by atoms with Crippen molar-refractivity contribution in [2.45, 2.75) is 26.7 Å². The van der Waals surface area contributed by atoms with Crippen LogP contribution in [0, 0.1) is 13.8 Å². The molecule has 1 heterocycles. The lowest BCUT2D eigenvalue weighted by Gasteiger charge is -2.05. The second-order valence-electron chi connectivity index (χ2n) is 5.05. The van der Waals surface area contributed by atoms with E-state index in [2.05, 4.69) is 10.8 Å². The molecule has 0 atom stereocenters. The van der Waals surface area contributed by atoms with E-state index in [1.54, 1.807) is 6.07 Å². The number of hydrogen-bond acceptors (Lipinski definition) is 4. The van der Waals surface area contributed by atoms with Crippen molar-refractivity contribution in [2.75, 3.05) is 7.11 Å². The van der Waals surface area contributed by atoms with E-state index in [4.69, 9.17) is 0 Å². The van der Waals surface area contributed by atoms with Gasteiger partial charge in [0.2, 0.25) is 0 Å². The Balaban J connectivity index is 2.10.